The highest BCUT2D eigenvalue weighted by Crippen LogP contribution is 2.36. The first-order chi connectivity index (χ1) is 10.8. The molecule has 1 aliphatic carbocycles. The molecule has 1 fully saturated rings. The zero-order chi connectivity index (χ0) is 14.9. The maximum Gasteiger partial charge on any atom is 0.227 e. The minimum Gasteiger partial charge on any atom is -0.438 e. The van der Waals surface area contributed by atoms with E-state index in [9.17, 15) is 0 Å². The van der Waals surface area contributed by atoms with E-state index in [0.29, 0.717) is 11.9 Å². The number of nitrogens with one attached hydrogen (secondary N) is 1. The summed E-state index contributed by atoms with van der Waals surface area (Å²) in [6, 6.07) is 16.7. The lowest BCUT2D eigenvalue weighted by Gasteiger charge is -2.14. The van der Waals surface area contributed by atoms with E-state index in [4.69, 9.17) is 4.74 Å². The second-order valence-electron chi connectivity index (χ2n) is 5.81. The van der Waals surface area contributed by atoms with Crippen molar-refractivity contribution < 1.29 is 4.74 Å². The van der Waals surface area contributed by atoms with Crippen LogP contribution >= 0.6 is 0 Å². The number of rotatable bonds is 4. The maximum absolute atomic E-state index is 5.98. The van der Waals surface area contributed by atoms with Crippen LogP contribution in [0.3, 0.4) is 0 Å². The molecule has 1 saturated carbocycles. The third-order valence-corrected chi connectivity index (χ3v) is 3.96. The molecule has 2 aromatic carbocycles. The Morgan fingerprint density at radius 2 is 1.86 bits per heavy atom. The zero-order valence-corrected chi connectivity index (χ0v) is 12.5. The summed E-state index contributed by atoms with van der Waals surface area (Å²) in [6.45, 7) is 2.10. The SMILES string of the molecule is Cc1cnc(Oc2ccccc2)c2cccc(NC3CC3)c12. The van der Waals surface area contributed by atoms with E-state index >= 15 is 0 Å². The lowest BCUT2D eigenvalue weighted by Crippen LogP contribution is -2.02. The molecule has 4 rings (SSSR count). The molecule has 0 aliphatic heterocycles. The normalized spacial score (nSPS) is 14.0. The first-order valence-electron chi connectivity index (χ1n) is 7.69. The van der Waals surface area contributed by atoms with E-state index in [1.165, 1.54) is 29.5 Å². The topological polar surface area (TPSA) is 34.1 Å². The Balaban J connectivity index is 1.80. The van der Waals surface area contributed by atoms with Crippen molar-refractivity contribution in [3.8, 4) is 11.6 Å². The quantitative estimate of drug-likeness (QED) is 0.741. The second-order valence-corrected chi connectivity index (χ2v) is 5.81. The fourth-order valence-electron chi connectivity index (χ4n) is 2.69. The Kier molecular flexibility index (Phi) is 3.19. The lowest BCUT2D eigenvalue weighted by molar-refractivity contribution is 0.469. The predicted molar refractivity (Wildman–Crippen MR) is 89.6 cm³/mol. The van der Waals surface area contributed by atoms with Crippen molar-refractivity contribution in [2.24, 2.45) is 0 Å². The highest BCUT2D eigenvalue weighted by atomic mass is 16.5. The molecular formula is C19H18N2O. The van der Waals surface area contributed by atoms with E-state index in [1.54, 1.807) is 0 Å². The van der Waals surface area contributed by atoms with Crippen LogP contribution in [0.5, 0.6) is 11.6 Å². The fraction of sp³-hybridized carbons (Fsp3) is 0.211. The van der Waals surface area contributed by atoms with E-state index in [-0.39, 0.29) is 0 Å². The van der Waals surface area contributed by atoms with Crippen LogP contribution in [-0.4, -0.2) is 11.0 Å². The molecule has 3 heteroatoms. The number of nitrogens with zero attached hydrogens (tertiary/aromatic N) is 1. The molecule has 1 heterocycles. The Morgan fingerprint density at radius 3 is 2.64 bits per heavy atom. The molecule has 0 spiro atoms. The summed E-state index contributed by atoms with van der Waals surface area (Å²) in [7, 11) is 0. The molecule has 3 aromatic rings. The van der Waals surface area contributed by atoms with Crippen LogP contribution in [0.1, 0.15) is 18.4 Å². The van der Waals surface area contributed by atoms with Gasteiger partial charge in [0, 0.05) is 28.7 Å². The van der Waals surface area contributed by atoms with Gasteiger partial charge in [-0.15, -0.1) is 0 Å². The van der Waals surface area contributed by atoms with Crippen LogP contribution in [0, 0.1) is 6.92 Å². The lowest BCUT2D eigenvalue weighted by atomic mass is 10.1. The summed E-state index contributed by atoms with van der Waals surface area (Å²) in [6.07, 6.45) is 4.40. The molecule has 0 saturated heterocycles. The van der Waals surface area contributed by atoms with Crippen LogP contribution in [-0.2, 0) is 0 Å². The average Bonchev–Trinajstić information content (AvgIpc) is 3.35. The number of ether oxygens (including phenoxy) is 1. The first-order valence-corrected chi connectivity index (χ1v) is 7.69. The van der Waals surface area contributed by atoms with Gasteiger partial charge in [-0.05, 0) is 49.6 Å². The molecule has 1 aliphatic rings. The van der Waals surface area contributed by atoms with Crippen molar-refractivity contribution in [2.45, 2.75) is 25.8 Å². The molecule has 0 amide bonds. The predicted octanol–water partition coefficient (Wildman–Crippen LogP) is 4.91. The van der Waals surface area contributed by atoms with E-state index in [1.807, 2.05) is 36.5 Å². The third kappa shape index (κ3) is 2.50. The summed E-state index contributed by atoms with van der Waals surface area (Å²) in [4.78, 5) is 4.49. The molecule has 3 nitrogen and oxygen atoms in total. The van der Waals surface area contributed by atoms with Crippen LogP contribution in [0.2, 0.25) is 0 Å². The number of anilines is 1. The third-order valence-electron chi connectivity index (χ3n) is 3.96. The zero-order valence-electron chi connectivity index (χ0n) is 12.5. The van der Waals surface area contributed by atoms with Gasteiger partial charge in [0.1, 0.15) is 5.75 Å². The molecule has 0 atom stereocenters. The summed E-state index contributed by atoms with van der Waals surface area (Å²) < 4.78 is 5.98. The van der Waals surface area contributed by atoms with Gasteiger partial charge in [0.15, 0.2) is 0 Å². The van der Waals surface area contributed by atoms with Gasteiger partial charge in [0.25, 0.3) is 0 Å². The summed E-state index contributed by atoms with van der Waals surface area (Å²) in [5, 5.41) is 5.86. The van der Waals surface area contributed by atoms with E-state index < -0.39 is 0 Å². The minimum absolute atomic E-state index is 0.622. The molecule has 110 valence electrons. The first kappa shape index (κ1) is 13.1. The number of aryl methyl sites for hydroxylation is 1. The van der Waals surface area contributed by atoms with Gasteiger partial charge >= 0.3 is 0 Å². The number of hydrogen-bond donors (Lipinski definition) is 1. The molecular weight excluding hydrogens is 272 g/mol. The van der Waals surface area contributed by atoms with Gasteiger partial charge in [0.2, 0.25) is 5.88 Å². The Labute approximate surface area is 130 Å². The van der Waals surface area contributed by atoms with Crippen molar-refractivity contribution in [1.82, 2.24) is 4.98 Å². The van der Waals surface area contributed by atoms with Gasteiger partial charge < -0.3 is 10.1 Å². The van der Waals surface area contributed by atoms with Crippen LogP contribution < -0.4 is 10.1 Å². The Morgan fingerprint density at radius 1 is 1.05 bits per heavy atom. The van der Waals surface area contributed by atoms with Crippen molar-refractivity contribution in [1.29, 1.82) is 0 Å². The van der Waals surface area contributed by atoms with Crippen LogP contribution in [0.4, 0.5) is 5.69 Å². The van der Waals surface area contributed by atoms with Crippen molar-refractivity contribution in [2.75, 3.05) is 5.32 Å². The second kappa shape index (κ2) is 5.34. The Hall–Kier alpha value is -2.55. The monoisotopic (exact) mass is 290 g/mol. The van der Waals surface area contributed by atoms with Gasteiger partial charge in [-0.2, -0.15) is 0 Å². The standard InChI is InChI=1S/C19H18N2O/c1-13-12-20-19(22-15-6-3-2-4-7-15)16-8-5-9-17(18(13)16)21-14-10-11-14/h2-9,12,14,21H,10-11H2,1H3. The van der Waals surface area contributed by atoms with Gasteiger partial charge in [0.05, 0.1) is 0 Å². The fourth-order valence-corrected chi connectivity index (χ4v) is 2.69. The van der Waals surface area contributed by atoms with Gasteiger partial charge in [-0.25, -0.2) is 4.98 Å². The number of benzene rings is 2. The van der Waals surface area contributed by atoms with Crippen molar-refractivity contribution in [3.63, 3.8) is 0 Å². The minimum atomic E-state index is 0.622. The molecule has 1 aromatic heterocycles. The maximum atomic E-state index is 5.98. The smallest absolute Gasteiger partial charge is 0.227 e. The molecule has 1 N–H and O–H groups in total. The van der Waals surface area contributed by atoms with Crippen LogP contribution in [0.15, 0.2) is 54.7 Å². The number of aromatic nitrogens is 1. The van der Waals surface area contributed by atoms with Gasteiger partial charge in [-0.1, -0.05) is 24.3 Å². The summed E-state index contributed by atoms with van der Waals surface area (Å²) in [5.74, 6) is 1.46. The molecule has 0 bridgehead atoms. The Bertz CT molecular complexity index is 810. The highest BCUT2D eigenvalue weighted by molar-refractivity contribution is 5.99. The van der Waals surface area contributed by atoms with Crippen molar-refractivity contribution >= 4 is 16.5 Å². The number of para-hydroxylation sites is 1. The summed E-state index contributed by atoms with van der Waals surface area (Å²) in [5.41, 5.74) is 2.34. The summed E-state index contributed by atoms with van der Waals surface area (Å²) >= 11 is 0. The van der Waals surface area contributed by atoms with E-state index in [0.717, 1.165) is 11.1 Å². The number of fused-ring (bicyclic) bond motifs is 1. The molecule has 0 unspecified atom stereocenters. The van der Waals surface area contributed by atoms with E-state index in [2.05, 4.69) is 35.4 Å². The average molecular weight is 290 g/mol. The number of pyridine rings is 1. The van der Waals surface area contributed by atoms with Crippen molar-refractivity contribution in [3.05, 3.63) is 60.3 Å². The largest absolute Gasteiger partial charge is 0.438 e. The molecule has 22 heavy (non-hydrogen) atoms. The number of hydrogen-bond acceptors (Lipinski definition) is 3. The van der Waals surface area contributed by atoms with Gasteiger partial charge in [-0.3, -0.25) is 0 Å². The highest BCUT2D eigenvalue weighted by Gasteiger charge is 2.22. The van der Waals surface area contributed by atoms with Crippen LogP contribution in [0.25, 0.3) is 10.8 Å². The molecule has 0 radical (unpaired) electrons.